The Balaban J connectivity index is 1.43. The van der Waals surface area contributed by atoms with Crippen LogP contribution in [0.25, 0.3) is 0 Å². The average Bonchev–Trinajstić information content (AvgIpc) is 3.27. The van der Waals surface area contributed by atoms with E-state index in [9.17, 15) is 18.0 Å². The molecule has 2 fully saturated rings. The van der Waals surface area contributed by atoms with E-state index in [2.05, 4.69) is 5.32 Å². The van der Waals surface area contributed by atoms with E-state index in [1.165, 1.54) is 11.3 Å². The Hall–Kier alpha value is -1.53. The molecule has 1 aromatic rings. The average molecular weight is 487 g/mol. The highest BCUT2D eigenvalue weighted by Crippen LogP contribution is 2.27. The maximum atomic E-state index is 12.8. The summed E-state index contributed by atoms with van der Waals surface area (Å²) in [6, 6.07) is 3.38. The smallest absolute Gasteiger partial charge is 0.252 e. The third-order valence-corrected chi connectivity index (χ3v) is 9.26. The molecule has 0 saturated carbocycles. The quantitative estimate of drug-likeness (QED) is 0.491. The van der Waals surface area contributed by atoms with Gasteiger partial charge < -0.3 is 15.0 Å². The monoisotopic (exact) mass is 486 g/mol. The molecule has 180 valence electrons. The largest absolute Gasteiger partial charge is 0.385 e. The second-order valence-corrected chi connectivity index (χ2v) is 11.5. The zero-order chi connectivity index (χ0) is 23.0. The highest BCUT2D eigenvalue weighted by molar-refractivity contribution is 7.91. The topological polar surface area (TPSA) is 99.3 Å². The minimum Gasteiger partial charge on any atom is -0.385 e. The molecule has 0 radical (unpaired) electrons. The number of thiophene rings is 1. The number of carbonyl (C=O) groups is 2. The summed E-state index contributed by atoms with van der Waals surface area (Å²) in [5.41, 5.74) is 0. The Labute approximate surface area is 194 Å². The van der Waals surface area contributed by atoms with Gasteiger partial charge in [-0.1, -0.05) is 6.42 Å². The lowest BCUT2D eigenvalue weighted by molar-refractivity contribution is -0.132. The summed E-state index contributed by atoms with van der Waals surface area (Å²) in [6.07, 6.45) is 3.87. The molecule has 1 aromatic heterocycles. The number of methoxy groups -OCH3 is 1. The summed E-state index contributed by atoms with van der Waals surface area (Å²) in [4.78, 5) is 29.3. The summed E-state index contributed by atoms with van der Waals surface area (Å²) in [7, 11) is -1.82. The first-order chi connectivity index (χ1) is 15.4. The minimum absolute atomic E-state index is 0.00237. The number of amides is 2. The molecular weight excluding hydrogens is 452 g/mol. The van der Waals surface area contributed by atoms with Gasteiger partial charge in [0.1, 0.15) is 4.21 Å². The van der Waals surface area contributed by atoms with Gasteiger partial charge in [-0.15, -0.1) is 11.3 Å². The molecule has 0 aromatic carbocycles. The number of rotatable bonds is 10. The highest BCUT2D eigenvalue weighted by atomic mass is 32.2. The van der Waals surface area contributed by atoms with Crippen LogP contribution in [-0.4, -0.2) is 100 Å². The molecule has 2 aliphatic heterocycles. The van der Waals surface area contributed by atoms with Crippen molar-refractivity contribution in [3.8, 4) is 0 Å². The fourth-order valence-corrected chi connectivity index (χ4v) is 6.96. The Morgan fingerprint density at radius 1 is 1.06 bits per heavy atom. The lowest BCUT2D eigenvalue weighted by atomic mass is 10.2. The first-order valence-electron chi connectivity index (χ1n) is 11.2. The van der Waals surface area contributed by atoms with E-state index >= 15 is 0 Å². The fourth-order valence-electron chi connectivity index (χ4n) is 3.94. The van der Waals surface area contributed by atoms with Crippen molar-refractivity contribution in [2.24, 2.45) is 0 Å². The van der Waals surface area contributed by atoms with Crippen LogP contribution in [0.15, 0.2) is 16.3 Å². The van der Waals surface area contributed by atoms with E-state index in [4.69, 9.17) is 4.74 Å². The van der Waals surface area contributed by atoms with Gasteiger partial charge in [0, 0.05) is 64.4 Å². The Morgan fingerprint density at radius 2 is 1.78 bits per heavy atom. The van der Waals surface area contributed by atoms with E-state index < -0.39 is 10.0 Å². The van der Waals surface area contributed by atoms with Crippen molar-refractivity contribution in [3.63, 3.8) is 0 Å². The van der Waals surface area contributed by atoms with Crippen molar-refractivity contribution < 1.29 is 22.7 Å². The molecule has 0 spiro atoms. The fraction of sp³-hybridized carbons (Fsp3) is 0.714. The SMILES string of the molecule is COCCCNC(=O)CN1CCN(C(=O)Cc2ccc(S(=O)(=O)N3CCCCC3)s2)CC1. The predicted molar refractivity (Wildman–Crippen MR) is 123 cm³/mol. The molecular formula is C21H34N4O5S2. The number of ether oxygens (including phenoxy) is 1. The first-order valence-corrected chi connectivity index (χ1v) is 13.5. The number of piperidine rings is 1. The lowest BCUT2D eigenvalue weighted by Crippen LogP contribution is -2.51. The zero-order valence-corrected chi connectivity index (χ0v) is 20.4. The van der Waals surface area contributed by atoms with Gasteiger partial charge in [-0.2, -0.15) is 4.31 Å². The van der Waals surface area contributed by atoms with E-state index in [1.807, 2.05) is 4.90 Å². The number of nitrogens with zero attached hydrogens (tertiary/aromatic N) is 3. The molecule has 0 unspecified atom stereocenters. The van der Waals surface area contributed by atoms with E-state index in [0.717, 1.165) is 30.6 Å². The van der Waals surface area contributed by atoms with Crippen molar-refractivity contribution in [3.05, 3.63) is 17.0 Å². The first kappa shape index (κ1) is 25.1. The third kappa shape index (κ3) is 6.98. The van der Waals surface area contributed by atoms with E-state index in [1.54, 1.807) is 28.4 Å². The zero-order valence-electron chi connectivity index (χ0n) is 18.8. The minimum atomic E-state index is -3.46. The number of nitrogens with one attached hydrogen (secondary N) is 1. The molecule has 3 heterocycles. The highest BCUT2D eigenvalue weighted by Gasteiger charge is 2.28. The summed E-state index contributed by atoms with van der Waals surface area (Å²) in [5, 5.41) is 2.88. The van der Waals surface area contributed by atoms with Gasteiger partial charge in [-0.25, -0.2) is 8.42 Å². The Kier molecular flexibility index (Phi) is 9.47. The number of sulfonamides is 1. The van der Waals surface area contributed by atoms with Crippen LogP contribution in [0, 0.1) is 0 Å². The molecule has 11 heteroatoms. The van der Waals surface area contributed by atoms with Crippen molar-refractivity contribution in [1.82, 2.24) is 19.4 Å². The molecule has 0 atom stereocenters. The van der Waals surface area contributed by atoms with Crippen molar-refractivity contribution in [1.29, 1.82) is 0 Å². The molecule has 9 nitrogen and oxygen atoms in total. The molecule has 2 aliphatic rings. The van der Waals surface area contributed by atoms with Gasteiger partial charge in [0.15, 0.2) is 0 Å². The van der Waals surface area contributed by atoms with Gasteiger partial charge in [-0.05, 0) is 31.4 Å². The molecule has 2 amide bonds. The van der Waals surface area contributed by atoms with Gasteiger partial charge in [0.25, 0.3) is 10.0 Å². The van der Waals surface area contributed by atoms with Crippen LogP contribution in [0.3, 0.4) is 0 Å². The number of hydrogen-bond acceptors (Lipinski definition) is 7. The van der Waals surface area contributed by atoms with Crippen LogP contribution in [0.2, 0.25) is 0 Å². The van der Waals surface area contributed by atoms with Gasteiger partial charge in [0.05, 0.1) is 13.0 Å². The van der Waals surface area contributed by atoms with Crippen LogP contribution < -0.4 is 5.32 Å². The molecule has 3 rings (SSSR count). The summed E-state index contributed by atoms with van der Waals surface area (Å²) >= 11 is 1.20. The number of piperazine rings is 1. The van der Waals surface area contributed by atoms with Crippen LogP contribution >= 0.6 is 11.3 Å². The molecule has 1 N–H and O–H groups in total. The second kappa shape index (κ2) is 12.1. The standard InChI is InChI=1S/C21H34N4O5S2/c1-30-15-5-8-22-19(26)17-23-11-13-24(14-12-23)20(27)16-18-6-7-21(31-18)32(28,29)25-9-3-2-4-10-25/h6-7H,2-5,8-17H2,1H3,(H,22,26). The summed E-state index contributed by atoms with van der Waals surface area (Å²) < 4.78 is 32.5. The predicted octanol–water partition coefficient (Wildman–Crippen LogP) is 0.762. The third-order valence-electron chi connectivity index (χ3n) is 5.81. The summed E-state index contributed by atoms with van der Waals surface area (Å²) in [5.74, 6) is -0.0145. The van der Waals surface area contributed by atoms with E-state index in [-0.39, 0.29) is 18.2 Å². The van der Waals surface area contributed by atoms with Gasteiger partial charge in [0.2, 0.25) is 11.8 Å². The van der Waals surface area contributed by atoms with Crippen molar-refractivity contribution in [2.75, 3.05) is 66.1 Å². The molecule has 0 bridgehead atoms. The number of carbonyl (C=O) groups excluding carboxylic acids is 2. The number of hydrogen-bond donors (Lipinski definition) is 1. The second-order valence-electron chi connectivity index (χ2n) is 8.22. The normalized spacial score (nSPS) is 18.6. The Morgan fingerprint density at radius 3 is 2.47 bits per heavy atom. The van der Waals surface area contributed by atoms with E-state index in [0.29, 0.717) is 63.2 Å². The molecule has 2 saturated heterocycles. The van der Waals surface area contributed by atoms with Crippen LogP contribution in [-0.2, 0) is 30.8 Å². The maximum Gasteiger partial charge on any atom is 0.252 e. The van der Waals surface area contributed by atoms with Crippen molar-refractivity contribution in [2.45, 2.75) is 36.3 Å². The van der Waals surface area contributed by atoms with Crippen molar-refractivity contribution >= 4 is 33.2 Å². The maximum absolute atomic E-state index is 12.8. The van der Waals surface area contributed by atoms with Crippen LogP contribution in [0.5, 0.6) is 0 Å². The van der Waals surface area contributed by atoms with Crippen LogP contribution in [0.4, 0.5) is 0 Å². The van der Waals surface area contributed by atoms with Crippen LogP contribution in [0.1, 0.15) is 30.6 Å². The Bertz CT molecular complexity index is 859. The lowest BCUT2D eigenvalue weighted by Gasteiger charge is -2.34. The summed E-state index contributed by atoms with van der Waals surface area (Å²) in [6.45, 7) is 5.14. The van der Waals surface area contributed by atoms with Gasteiger partial charge >= 0.3 is 0 Å². The molecule has 32 heavy (non-hydrogen) atoms. The van der Waals surface area contributed by atoms with Gasteiger partial charge in [-0.3, -0.25) is 14.5 Å². The molecule has 0 aliphatic carbocycles.